The number of anilines is 1. The predicted molar refractivity (Wildman–Crippen MR) is 136 cm³/mol. The van der Waals surface area contributed by atoms with Crippen molar-refractivity contribution in [2.75, 3.05) is 18.9 Å². The highest BCUT2D eigenvalue weighted by molar-refractivity contribution is 6.00. The number of hydrogen-bond acceptors (Lipinski definition) is 7. The van der Waals surface area contributed by atoms with Crippen LogP contribution in [0.5, 0.6) is 0 Å². The molecular weight excluding hydrogens is 475 g/mol. The van der Waals surface area contributed by atoms with Crippen molar-refractivity contribution in [3.05, 3.63) is 65.9 Å². The molecule has 1 fully saturated rings. The number of nitrogens with zero attached hydrogens (tertiary/aromatic N) is 5. The summed E-state index contributed by atoms with van der Waals surface area (Å²) < 4.78 is 14.7. The van der Waals surface area contributed by atoms with E-state index in [4.69, 9.17) is 10.7 Å². The van der Waals surface area contributed by atoms with Crippen LogP contribution in [-0.4, -0.2) is 60.5 Å². The van der Waals surface area contributed by atoms with Gasteiger partial charge in [-0.1, -0.05) is 6.07 Å². The summed E-state index contributed by atoms with van der Waals surface area (Å²) in [5.41, 5.74) is 10.9. The number of carbonyl (C=O) groups excluding carboxylic acids is 2. The summed E-state index contributed by atoms with van der Waals surface area (Å²) in [5.74, 6) is -0.695. The minimum Gasteiger partial charge on any atom is -0.387 e. The fourth-order valence-electron chi connectivity index (χ4n) is 5.12. The number of rotatable bonds is 5. The molecule has 1 aliphatic heterocycles. The number of nitrogens with two attached hydrogens (primary N) is 1. The van der Waals surface area contributed by atoms with Gasteiger partial charge in [-0.05, 0) is 57.0 Å². The van der Waals surface area contributed by atoms with Crippen molar-refractivity contribution in [2.45, 2.75) is 38.6 Å². The molecule has 1 saturated heterocycles. The average molecular weight is 503 g/mol. The standard InChI is InChI=1S/C27H27FN6O3/c1-15-11-18(9-10-33(15)23(37)14-35)25-24(16(2)36)26(29)34-27(32-25)21(13-31-34)19-5-8-22(30-12-19)17-3-6-20(28)7-4-17/h3-8,12-13,15,18,35H,9-11,14,29H2,1-2H3/t15-,18+/m0/s1. The zero-order chi connectivity index (χ0) is 26.3. The lowest BCUT2D eigenvalue weighted by Gasteiger charge is -2.37. The van der Waals surface area contributed by atoms with Gasteiger partial charge in [-0.3, -0.25) is 14.6 Å². The Hall–Kier alpha value is -4.18. The average Bonchev–Trinajstić information content (AvgIpc) is 3.33. The molecule has 4 aromatic rings. The third-order valence-corrected chi connectivity index (χ3v) is 7.00. The van der Waals surface area contributed by atoms with Gasteiger partial charge in [-0.15, -0.1) is 0 Å². The molecule has 0 unspecified atom stereocenters. The molecule has 1 aliphatic rings. The Balaban J connectivity index is 1.54. The summed E-state index contributed by atoms with van der Waals surface area (Å²) in [5, 5.41) is 13.7. The molecule has 1 amide bonds. The topological polar surface area (TPSA) is 127 Å². The van der Waals surface area contributed by atoms with Gasteiger partial charge in [0.2, 0.25) is 5.91 Å². The Labute approximate surface area is 212 Å². The highest BCUT2D eigenvalue weighted by atomic mass is 19.1. The number of aliphatic hydroxyl groups is 1. The van der Waals surface area contributed by atoms with Crippen LogP contribution in [0.3, 0.4) is 0 Å². The summed E-state index contributed by atoms with van der Waals surface area (Å²) in [6.07, 6.45) is 4.53. The quantitative estimate of drug-likeness (QED) is 0.400. The predicted octanol–water partition coefficient (Wildman–Crippen LogP) is 3.47. The zero-order valence-corrected chi connectivity index (χ0v) is 20.6. The first-order valence-electron chi connectivity index (χ1n) is 12.1. The van der Waals surface area contributed by atoms with Crippen molar-refractivity contribution in [3.8, 4) is 22.4 Å². The van der Waals surface area contributed by atoms with Gasteiger partial charge in [0, 0.05) is 41.4 Å². The molecule has 0 bridgehead atoms. The Kier molecular flexibility index (Phi) is 6.43. The number of carbonyl (C=O) groups is 2. The largest absolute Gasteiger partial charge is 0.387 e. The number of aromatic nitrogens is 4. The molecule has 10 heteroatoms. The van der Waals surface area contributed by atoms with E-state index < -0.39 is 6.61 Å². The minimum absolute atomic E-state index is 0.0920. The number of hydrogen-bond donors (Lipinski definition) is 2. The second kappa shape index (κ2) is 9.70. The number of halogens is 1. The maximum Gasteiger partial charge on any atom is 0.248 e. The van der Waals surface area contributed by atoms with E-state index in [9.17, 15) is 19.1 Å². The van der Waals surface area contributed by atoms with Crippen LogP contribution in [0.25, 0.3) is 28.0 Å². The van der Waals surface area contributed by atoms with Crippen LogP contribution in [0, 0.1) is 5.82 Å². The van der Waals surface area contributed by atoms with E-state index in [0.29, 0.717) is 47.5 Å². The number of ketones is 1. The van der Waals surface area contributed by atoms with Crippen LogP contribution in [0.2, 0.25) is 0 Å². The minimum atomic E-state index is -0.530. The first-order chi connectivity index (χ1) is 17.8. The number of benzene rings is 1. The van der Waals surface area contributed by atoms with Crippen molar-refractivity contribution in [2.24, 2.45) is 0 Å². The molecule has 3 N–H and O–H groups in total. The van der Waals surface area contributed by atoms with Gasteiger partial charge in [-0.2, -0.15) is 9.61 Å². The van der Waals surface area contributed by atoms with Gasteiger partial charge in [0.15, 0.2) is 11.4 Å². The molecule has 5 rings (SSSR count). The van der Waals surface area contributed by atoms with Crippen LogP contribution in [-0.2, 0) is 4.79 Å². The summed E-state index contributed by atoms with van der Waals surface area (Å²) in [6.45, 7) is 3.31. The van der Waals surface area contributed by atoms with Crippen LogP contribution in [0.15, 0.2) is 48.8 Å². The highest BCUT2D eigenvalue weighted by Gasteiger charge is 2.33. The van der Waals surface area contributed by atoms with Crippen LogP contribution in [0.4, 0.5) is 10.2 Å². The van der Waals surface area contributed by atoms with Crippen molar-refractivity contribution in [1.82, 2.24) is 24.5 Å². The highest BCUT2D eigenvalue weighted by Crippen LogP contribution is 2.36. The van der Waals surface area contributed by atoms with Gasteiger partial charge in [0.1, 0.15) is 18.2 Å². The first-order valence-corrected chi connectivity index (χ1v) is 12.1. The lowest BCUT2D eigenvalue weighted by Crippen LogP contribution is -2.45. The van der Waals surface area contributed by atoms with E-state index in [0.717, 1.165) is 11.1 Å². The maximum absolute atomic E-state index is 13.3. The first kappa shape index (κ1) is 24.5. The van der Waals surface area contributed by atoms with Crippen LogP contribution in [0.1, 0.15) is 48.7 Å². The molecule has 190 valence electrons. The van der Waals surface area contributed by atoms with Crippen molar-refractivity contribution in [1.29, 1.82) is 0 Å². The van der Waals surface area contributed by atoms with Crippen LogP contribution >= 0.6 is 0 Å². The smallest absolute Gasteiger partial charge is 0.248 e. The van der Waals surface area contributed by atoms with Gasteiger partial charge in [0.05, 0.1) is 23.1 Å². The molecule has 4 heterocycles. The Morgan fingerprint density at radius 2 is 1.86 bits per heavy atom. The fraction of sp³-hybridized carbons (Fsp3) is 0.296. The van der Waals surface area contributed by atoms with E-state index in [2.05, 4.69) is 10.1 Å². The van der Waals surface area contributed by atoms with E-state index in [1.807, 2.05) is 19.1 Å². The summed E-state index contributed by atoms with van der Waals surface area (Å²) in [7, 11) is 0. The molecule has 0 aliphatic carbocycles. The monoisotopic (exact) mass is 502 g/mol. The molecule has 1 aromatic carbocycles. The number of piperidine rings is 1. The molecule has 37 heavy (non-hydrogen) atoms. The second-order valence-corrected chi connectivity index (χ2v) is 9.36. The number of likely N-dealkylation sites (tertiary alicyclic amines) is 1. The molecule has 0 saturated carbocycles. The Morgan fingerprint density at radius 3 is 2.49 bits per heavy atom. The molecule has 3 aromatic heterocycles. The van der Waals surface area contributed by atoms with E-state index in [-0.39, 0.29) is 35.3 Å². The lowest BCUT2D eigenvalue weighted by molar-refractivity contribution is -0.137. The summed E-state index contributed by atoms with van der Waals surface area (Å²) >= 11 is 0. The van der Waals surface area contributed by atoms with Crippen molar-refractivity contribution < 1.29 is 19.1 Å². The van der Waals surface area contributed by atoms with E-state index in [1.165, 1.54) is 23.6 Å². The van der Waals surface area contributed by atoms with Gasteiger partial charge >= 0.3 is 0 Å². The summed E-state index contributed by atoms with van der Waals surface area (Å²) in [4.78, 5) is 35.8. The molecular formula is C27H27FN6O3. The number of Topliss-reactive ketones (excluding diaryl/α,β-unsaturated/α-hetero) is 1. The third-order valence-electron chi connectivity index (χ3n) is 7.00. The molecule has 9 nitrogen and oxygen atoms in total. The Bertz CT molecular complexity index is 1480. The van der Waals surface area contributed by atoms with Crippen molar-refractivity contribution >= 4 is 23.2 Å². The van der Waals surface area contributed by atoms with Gasteiger partial charge < -0.3 is 15.7 Å². The van der Waals surface area contributed by atoms with Crippen LogP contribution < -0.4 is 5.73 Å². The molecule has 2 atom stereocenters. The lowest BCUT2D eigenvalue weighted by atomic mass is 9.86. The number of amides is 1. The molecule has 0 spiro atoms. The van der Waals surface area contributed by atoms with E-state index in [1.54, 1.807) is 29.4 Å². The van der Waals surface area contributed by atoms with Gasteiger partial charge in [-0.25, -0.2) is 9.37 Å². The van der Waals surface area contributed by atoms with E-state index >= 15 is 0 Å². The Morgan fingerprint density at radius 1 is 1.14 bits per heavy atom. The third kappa shape index (κ3) is 4.44. The normalized spacial score (nSPS) is 17.8. The van der Waals surface area contributed by atoms with Gasteiger partial charge in [0.25, 0.3) is 0 Å². The SMILES string of the molecule is CC(=O)c1c([C@@H]2CCN(C(=O)CO)[C@@H](C)C2)nc2c(-c3ccc(-c4ccc(F)cc4)nc3)cnn2c1N. The second-order valence-electron chi connectivity index (χ2n) is 9.36. The number of nitrogen functional groups attached to an aromatic ring is 1. The zero-order valence-electron chi connectivity index (χ0n) is 20.6. The van der Waals surface area contributed by atoms with Crippen molar-refractivity contribution in [3.63, 3.8) is 0 Å². The summed E-state index contributed by atoms with van der Waals surface area (Å²) in [6, 6.07) is 9.74. The molecule has 0 radical (unpaired) electrons. The number of fused-ring (bicyclic) bond motifs is 1. The number of pyridine rings is 1. The maximum atomic E-state index is 13.3. The number of aliphatic hydroxyl groups excluding tert-OH is 1. The fourth-order valence-corrected chi connectivity index (χ4v) is 5.12.